The van der Waals surface area contributed by atoms with E-state index in [4.69, 9.17) is 0 Å². The molecule has 88 valence electrons. The Kier molecular flexibility index (Phi) is 2.47. The molecule has 0 bridgehead atoms. The molecule has 1 aromatic carbocycles. The minimum atomic E-state index is 0.0285. The molecule has 0 aliphatic carbocycles. The minimum Gasteiger partial charge on any atom is -0.272 e. The second kappa shape index (κ2) is 3.88. The van der Waals surface area contributed by atoms with Crippen molar-refractivity contribution < 1.29 is 4.79 Å². The normalized spacial score (nSPS) is 22.9. The van der Waals surface area contributed by atoms with Crippen molar-refractivity contribution in [2.75, 3.05) is 16.5 Å². The predicted octanol–water partition coefficient (Wildman–Crippen LogP) is 2.37. The number of hydrazone groups is 1. The highest BCUT2D eigenvalue weighted by molar-refractivity contribution is 8.00. The third-order valence-corrected chi connectivity index (χ3v) is 4.19. The quantitative estimate of drug-likeness (QED) is 0.762. The Morgan fingerprint density at radius 3 is 2.65 bits per heavy atom. The molecule has 0 spiro atoms. The molecule has 1 amide bonds. The molecular weight excluding hydrogens is 232 g/mol. The van der Waals surface area contributed by atoms with Crippen molar-refractivity contribution in [1.82, 2.24) is 0 Å². The van der Waals surface area contributed by atoms with Gasteiger partial charge in [0.25, 0.3) is 5.91 Å². The Morgan fingerprint density at radius 1 is 1.29 bits per heavy atom. The van der Waals surface area contributed by atoms with E-state index in [1.54, 1.807) is 16.8 Å². The Bertz CT molecular complexity index is 504. The summed E-state index contributed by atoms with van der Waals surface area (Å²) in [5, 5.41) is 6.05. The van der Waals surface area contributed by atoms with Crippen LogP contribution in [0.4, 0.5) is 5.69 Å². The number of aryl methyl sites for hydroxylation is 2. The number of carbonyl (C=O) groups excluding carboxylic acids is 1. The Hall–Kier alpha value is -1.29. The van der Waals surface area contributed by atoms with Crippen LogP contribution in [-0.2, 0) is 4.79 Å². The summed E-state index contributed by atoms with van der Waals surface area (Å²) in [5.74, 6) is 1.95. The van der Waals surface area contributed by atoms with Gasteiger partial charge < -0.3 is 0 Å². The average molecular weight is 246 g/mol. The van der Waals surface area contributed by atoms with Crippen molar-refractivity contribution in [2.45, 2.75) is 13.8 Å². The Labute approximate surface area is 105 Å². The van der Waals surface area contributed by atoms with Gasteiger partial charge in [0.15, 0.2) is 0 Å². The van der Waals surface area contributed by atoms with Crippen LogP contribution in [0, 0.1) is 19.8 Å². The third-order valence-electron chi connectivity index (χ3n) is 3.12. The molecule has 1 saturated heterocycles. The summed E-state index contributed by atoms with van der Waals surface area (Å²) in [6, 6.07) is 6.14. The maximum Gasteiger partial charge on any atom is 0.257 e. The fourth-order valence-corrected chi connectivity index (χ4v) is 3.53. The number of amides is 1. The van der Waals surface area contributed by atoms with Gasteiger partial charge in [0, 0.05) is 11.5 Å². The SMILES string of the molecule is Cc1cc(C)cc(N2N=C3CSCC3C2=O)c1. The van der Waals surface area contributed by atoms with E-state index in [0.717, 1.165) is 22.9 Å². The van der Waals surface area contributed by atoms with Gasteiger partial charge in [0.2, 0.25) is 0 Å². The van der Waals surface area contributed by atoms with Crippen molar-refractivity contribution in [3.8, 4) is 0 Å². The van der Waals surface area contributed by atoms with Crippen LogP contribution < -0.4 is 5.01 Å². The van der Waals surface area contributed by atoms with E-state index in [2.05, 4.69) is 11.2 Å². The summed E-state index contributed by atoms with van der Waals surface area (Å²) < 4.78 is 0. The van der Waals surface area contributed by atoms with Crippen LogP contribution in [0.5, 0.6) is 0 Å². The van der Waals surface area contributed by atoms with Gasteiger partial charge in [-0.15, -0.1) is 0 Å². The standard InChI is InChI=1S/C13H14N2OS/c1-8-3-9(2)5-10(4-8)15-13(16)11-6-17-7-12(11)14-15/h3-5,11H,6-7H2,1-2H3. The zero-order chi connectivity index (χ0) is 12.0. The van der Waals surface area contributed by atoms with Gasteiger partial charge in [0.1, 0.15) is 0 Å². The van der Waals surface area contributed by atoms with Crippen LogP contribution in [-0.4, -0.2) is 23.1 Å². The summed E-state index contributed by atoms with van der Waals surface area (Å²) >= 11 is 1.80. The zero-order valence-electron chi connectivity index (χ0n) is 9.93. The highest BCUT2D eigenvalue weighted by atomic mass is 32.2. The van der Waals surface area contributed by atoms with E-state index in [1.807, 2.05) is 26.0 Å². The molecule has 3 nitrogen and oxygen atoms in total. The Balaban J connectivity index is 2.00. The molecule has 0 aromatic heterocycles. The fourth-order valence-electron chi connectivity index (χ4n) is 2.37. The fraction of sp³-hybridized carbons (Fsp3) is 0.385. The highest BCUT2D eigenvalue weighted by Crippen LogP contribution is 2.32. The lowest BCUT2D eigenvalue weighted by molar-refractivity contribution is -0.119. The number of benzene rings is 1. The minimum absolute atomic E-state index is 0.0285. The summed E-state index contributed by atoms with van der Waals surface area (Å²) in [6.45, 7) is 4.09. The number of fused-ring (bicyclic) bond motifs is 1. The van der Waals surface area contributed by atoms with E-state index < -0.39 is 0 Å². The molecule has 0 saturated carbocycles. The van der Waals surface area contributed by atoms with Crippen LogP contribution in [0.15, 0.2) is 23.3 Å². The lowest BCUT2D eigenvalue weighted by Crippen LogP contribution is -2.27. The molecule has 3 rings (SSSR count). The van der Waals surface area contributed by atoms with Gasteiger partial charge in [-0.25, -0.2) is 5.01 Å². The molecule has 0 radical (unpaired) electrons. The van der Waals surface area contributed by atoms with Crippen LogP contribution in [0.1, 0.15) is 11.1 Å². The molecule has 1 atom stereocenters. The van der Waals surface area contributed by atoms with Gasteiger partial charge in [-0.05, 0) is 37.1 Å². The summed E-state index contributed by atoms with van der Waals surface area (Å²) in [7, 11) is 0. The van der Waals surface area contributed by atoms with Crippen molar-refractivity contribution in [3.05, 3.63) is 29.3 Å². The zero-order valence-corrected chi connectivity index (χ0v) is 10.8. The van der Waals surface area contributed by atoms with Gasteiger partial charge in [-0.1, -0.05) is 6.07 Å². The largest absolute Gasteiger partial charge is 0.272 e. The summed E-state index contributed by atoms with van der Waals surface area (Å²) in [5.41, 5.74) is 4.28. The second-order valence-corrected chi connectivity index (χ2v) is 5.69. The number of nitrogens with zero attached hydrogens (tertiary/aromatic N) is 2. The van der Waals surface area contributed by atoms with E-state index >= 15 is 0 Å². The van der Waals surface area contributed by atoms with Crippen molar-refractivity contribution in [3.63, 3.8) is 0 Å². The first-order valence-corrected chi connectivity index (χ1v) is 6.88. The highest BCUT2D eigenvalue weighted by Gasteiger charge is 2.39. The van der Waals surface area contributed by atoms with Crippen LogP contribution >= 0.6 is 11.8 Å². The molecule has 17 heavy (non-hydrogen) atoms. The van der Waals surface area contributed by atoms with Gasteiger partial charge in [-0.3, -0.25) is 4.79 Å². The lowest BCUT2D eigenvalue weighted by atomic mass is 10.1. The first kappa shape index (κ1) is 10.8. The number of hydrogen-bond donors (Lipinski definition) is 0. The monoisotopic (exact) mass is 246 g/mol. The molecule has 2 heterocycles. The smallest absolute Gasteiger partial charge is 0.257 e. The summed E-state index contributed by atoms with van der Waals surface area (Å²) in [4.78, 5) is 12.2. The van der Waals surface area contributed by atoms with Gasteiger partial charge in [-0.2, -0.15) is 16.9 Å². The molecule has 2 aliphatic rings. The first-order valence-electron chi connectivity index (χ1n) is 5.72. The third kappa shape index (κ3) is 1.76. The number of anilines is 1. The van der Waals surface area contributed by atoms with Crippen LogP contribution in [0.2, 0.25) is 0 Å². The van der Waals surface area contributed by atoms with Gasteiger partial charge in [0.05, 0.1) is 17.3 Å². The molecule has 1 aromatic rings. The number of thioether (sulfide) groups is 1. The summed E-state index contributed by atoms with van der Waals surface area (Å²) in [6.07, 6.45) is 0. The van der Waals surface area contributed by atoms with E-state index in [0.29, 0.717) is 0 Å². The molecular formula is C13H14N2OS. The van der Waals surface area contributed by atoms with Crippen LogP contribution in [0.25, 0.3) is 0 Å². The maximum absolute atomic E-state index is 12.2. The molecule has 1 fully saturated rings. The first-order chi connectivity index (χ1) is 8.15. The number of hydrogen-bond acceptors (Lipinski definition) is 3. The topological polar surface area (TPSA) is 32.7 Å². The maximum atomic E-state index is 12.2. The Morgan fingerprint density at radius 2 is 2.00 bits per heavy atom. The van der Waals surface area contributed by atoms with Crippen molar-refractivity contribution in [2.24, 2.45) is 11.0 Å². The molecule has 1 unspecified atom stereocenters. The van der Waals surface area contributed by atoms with Crippen molar-refractivity contribution >= 4 is 29.1 Å². The number of rotatable bonds is 1. The van der Waals surface area contributed by atoms with Crippen LogP contribution in [0.3, 0.4) is 0 Å². The molecule has 0 N–H and O–H groups in total. The average Bonchev–Trinajstić information content (AvgIpc) is 2.80. The lowest BCUT2D eigenvalue weighted by Gasteiger charge is -2.15. The van der Waals surface area contributed by atoms with Gasteiger partial charge >= 0.3 is 0 Å². The number of carbonyl (C=O) groups is 1. The van der Waals surface area contributed by atoms with Crippen molar-refractivity contribution in [1.29, 1.82) is 0 Å². The van der Waals surface area contributed by atoms with E-state index in [1.165, 1.54) is 11.1 Å². The molecule has 4 heteroatoms. The second-order valence-electron chi connectivity index (χ2n) is 4.66. The van der Waals surface area contributed by atoms with E-state index in [-0.39, 0.29) is 11.8 Å². The predicted molar refractivity (Wildman–Crippen MR) is 71.7 cm³/mol. The molecule has 2 aliphatic heterocycles. The van der Waals surface area contributed by atoms with E-state index in [9.17, 15) is 4.79 Å².